The van der Waals surface area contributed by atoms with Gasteiger partial charge in [0, 0.05) is 31.2 Å². The third-order valence-electron chi connectivity index (χ3n) is 5.88. The molecule has 4 aliphatic rings. The van der Waals surface area contributed by atoms with Crippen molar-refractivity contribution < 1.29 is 0 Å². The van der Waals surface area contributed by atoms with Crippen LogP contribution in [0.3, 0.4) is 0 Å². The van der Waals surface area contributed by atoms with Crippen LogP contribution in [0.5, 0.6) is 0 Å². The topological polar surface area (TPSA) is 18.5 Å². The summed E-state index contributed by atoms with van der Waals surface area (Å²) in [7, 11) is 0. The van der Waals surface area contributed by atoms with E-state index in [1.165, 1.54) is 77.7 Å². The first-order valence-corrected chi connectivity index (χ1v) is 8.62. The van der Waals surface area contributed by atoms with E-state index in [4.69, 9.17) is 0 Å². The van der Waals surface area contributed by atoms with Crippen LogP contribution in [0.25, 0.3) is 0 Å². The molecule has 0 aromatic carbocycles. The number of piperidine rings is 1. The van der Waals surface area contributed by atoms with Crippen molar-refractivity contribution >= 4 is 0 Å². The fourth-order valence-corrected chi connectivity index (χ4v) is 4.78. The molecule has 1 aliphatic carbocycles. The van der Waals surface area contributed by atoms with Crippen LogP contribution in [0.2, 0.25) is 0 Å². The van der Waals surface area contributed by atoms with E-state index < -0.39 is 0 Å². The third kappa shape index (κ3) is 2.57. The van der Waals surface area contributed by atoms with Crippen molar-refractivity contribution in [2.45, 2.75) is 63.1 Å². The predicted octanol–water partition coefficient (Wildman–Crippen LogP) is 1.69. The molecule has 1 N–H and O–H groups in total. The monoisotopic (exact) mass is 263 g/mol. The lowest BCUT2D eigenvalue weighted by molar-refractivity contribution is 0.120. The Hall–Kier alpha value is -0.120. The molecule has 3 saturated heterocycles. The molecular formula is C16H29N3. The van der Waals surface area contributed by atoms with Gasteiger partial charge in [-0.3, -0.25) is 9.80 Å². The molecule has 1 saturated carbocycles. The molecule has 3 heterocycles. The highest BCUT2D eigenvalue weighted by Crippen LogP contribution is 2.38. The molecule has 4 fully saturated rings. The summed E-state index contributed by atoms with van der Waals surface area (Å²) in [6.07, 6.45) is 10.2. The van der Waals surface area contributed by atoms with Gasteiger partial charge < -0.3 is 5.32 Å². The normalized spacial score (nSPS) is 39.9. The lowest BCUT2D eigenvalue weighted by Gasteiger charge is -2.37. The minimum atomic E-state index is 0.900. The molecule has 19 heavy (non-hydrogen) atoms. The second-order valence-electron chi connectivity index (χ2n) is 7.24. The van der Waals surface area contributed by atoms with Crippen LogP contribution in [-0.4, -0.2) is 60.6 Å². The zero-order valence-electron chi connectivity index (χ0n) is 12.2. The Bertz CT molecular complexity index is 309. The molecule has 3 unspecified atom stereocenters. The summed E-state index contributed by atoms with van der Waals surface area (Å²) in [5.74, 6) is 0.921. The second-order valence-corrected chi connectivity index (χ2v) is 7.24. The van der Waals surface area contributed by atoms with E-state index in [-0.39, 0.29) is 0 Å². The fourth-order valence-electron chi connectivity index (χ4n) is 4.78. The van der Waals surface area contributed by atoms with Crippen LogP contribution < -0.4 is 5.32 Å². The van der Waals surface area contributed by atoms with Gasteiger partial charge >= 0.3 is 0 Å². The molecule has 0 amide bonds. The van der Waals surface area contributed by atoms with Gasteiger partial charge in [-0.25, -0.2) is 0 Å². The maximum Gasteiger partial charge on any atom is 0.0266 e. The van der Waals surface area contributed by atoms with Crippen molar-refractivity contribution in [2.75, 3.05) is 32.7 Å². The first kappa shape index (κ1) is 12.6. The van der Waals surface area contributed by atoms with Crippen LogP contribution in [0, 0.1) is 5.92 Å². The maximum absolute atomic E-state index is 3.60. The van der Waals surface area contributed by atoms with Crippen LogP contribution in [0.4, 0.5) is 0 Å². The van der Waals surface area contributed by atoms with Gasteiger partial charge in [0.05, 0.1) is 0 Å². The number of nitrogens with zero attached hydrogens (tertiary/aromatic N) is 2. The van der Waals surface area contributed by atoms with Crippen molar-refractivity contribution in [3.05, 3.63) is 0 Å². The number of hydrogen-bond acceptors (Lipinski definition) is 3. The van der Waals surface area contributed by atoms with E-state index in [0.29, 0.717) is 0 Å². The Kier molecular flexibility index (Phi) is 3.55. The van der Waals surface area contributed by atoms with E-state index in [1.54, 1.807) is 0 Å². The fraction of sp³-hybridized carbons (Fsp3) is 1.00. The first-order chi connectivity index (χ1) is 9.42. The molecule has 4 rings (SSSR count). The molecule has 0 bridgehead atoms. The van der Waals surface area contributed by atoms with Gasteiger partial charge in [0.15, 0.2) is 0 Å². The molecule has 0 aromatic rings. The van der Waals surface area contributed by atoms with Gasteiger partial charge in [-0.15, -0.1) is 0 Å². The molecule has 3 nitrogen and oxygen atoms in total. The van der Waals surface area contributed by atoms with Gasteiger partial charge in [-0.05, 0) is 70.5 Å². The first-order valence-electron chi connectivity index (χ1n) is 8.62. The highest BCUT2D eigenvalue weighted by atomic mass is 15.3. The number of nitrogens with one attached hydrogen (secondary N) is 1. The molecule has 3 aliphatic heterocycles. The largest absolute Gasteiger partial charge is 0.316 e. The highest BCUT2D eigenvalue weighted by molar-refractivity contribution is 5.01. The lowest BCUT2D eigenvalue weighted by atomic mass is 9.96. The van der Waals surface area contributed by atoms with Crippen molar-refractivity contribution in [1.29, 1.82) is 0 Å². The average molecular weight is 263 g/mol. The van der Waals surface area contributed by atoms with E-state index >= 15 is 0 Å². The van der Waals surface area contributed by atoms with Crippen LogP contribution in [0.1, 0.15) is 44.9 Å². The molecular weight excluding hydrogens is 234 g/mol. The molecule has 3 heteroatoms. The maximum atomic E-state index is 3.60. The van der Waals surface area contributed by atoms with E-state index in [0.717, 1.165) is 24.0 Å². The van der Waals surface area contributed by atoms with Crippen LogP contribution in [-0.2, 0) is 0 Å². The standard InChI is InChI=1S/C16H29N3/c1-3-13(11-17-8-1)12-19(14-5-6-14)16-7-10-18-9-2-4-15(16)18/h13-17H,1-12H2. The summed E-state index contributed by atoms with van der Waals surface area (Å²) in [6, 6.07) is 2.77. The van der Waals surface area contributed by atoms with Crippen molar-refractivity contribution in [3.63, 3.8) is 0 Å². The highest BCUT2D eigenvalue weighted by Gasteiger charge is 2.44. The Morgan fingerprint density at radius 2 is 1.95 bits per heavy atom. The van der Waals surface area contributed by atoms with Crippen molar-refractivity contribution in [2.24, 2.45) is 5.92 Å². The summed E-state index contributed by atoms with van der Waals surface area (Å²) in [5.41, 5.74) is 0. The summed E-state index contributed by atoms with van der Waals surface area (Å²) in [5, 5.41) is 3.60. The minimum absolute atomic E-state index is 0.900. The Balaban J connectivity index is 1.42. The lowest BCUT2D eigenvalue weighted by Crippen LogP contribution is -2.48. The SMILES string of the molecule is C1CNCC(CN(C2CC2)C2CCN3CCCC23)C1. The zero-order chi connectivity index (χ0) is 12.7. The number of rotatable bonds is 4. The summed E-state index contributed by atoms with van der Waals surface area (Å²) >= 11 is 0. The Labute approximate surface area is 117 Å². The smallest absolute Gasteiger partial charge is 0.0266 e. The quantitative estimate of drug-likeness (QED) is 0.833. The molecule has 108 valence electrons. The third-order valence-corrected chi connectivity index (χ3v) is 5.88. The summed E-state index contributed by atoms with van der Waals surface area (Å²) < 4.78 is 0. The second kappa shape index (κ2) is 5.34. The van der Waals surface area contributed by atoms with Gasteiger partial charge in [0.2, 0.25) is 0 Å². The van der Waals surface area contributed by atoms with Gasteiger partial charge in [0.25, 0.3) is 0 Å². The van der Waals surface area contributed by atoms with Gasteiger partial charge in [-0.2, -0.15) is 0 Å². The van der Waals surface area contributed by atoms with E-state index in [1.807, 2.05) is 0 Å². The molecule has 0 aromatic heterocycles. The van der Waals surface area contributed by atoms with Gasteiger partial charge in [0.1, 0.15) is 0 Å². The van der Waals surface area contributed by atoms with Crippen molar-refractivity contribution in [1.82, 2.24) is 15.1 Å². The Morgan fingerprint density at radius 1 is 1.00 bits per heavy atom. The molecule has 3 atom stereocenters. The Morgan fingerprint density at radius 3 is 2.74 bits per heavy atom. The van der Waals surface area contributed by atoms with Crippen LogP contribution >= 0.6 is 0 Å². The number of hydrogen-bond donors (Lipinski definition) is 1. The van der Waals surface area contributed by atoms with E-state index in [9.17, 15) is 0 Å². The summed E-state index contributed by atoms with van der Waals surface area (Å²) in [4.78, 5) is 5.73. The number of fused-ring (bicyclic) bond motifs is 1. The van der Waals surface area contributed by atoms with Crippen molar-refractivity contribution in [3.8, 4) is 0 Å². The molecule has 0 spiro atoms. The van der Waals surface area contributed by atoms with E-state index in [2.05, 4.69) is 15.1 Å². The predicted molar refractivity (Wildman–Crippen MR) is 78.3 cm³/mol. The summed E-state index contributed by atoms with van der Waals surface area (Å²) in [6.45, 7) is 6.66. The van der Waals surface area contributed by atoms with Crippen LogP contribution in [0.15, 0.2) is 0 Å². The van der Waals surface area contributed by atoms with Gasteiger partial charge in [-0.1, -0.05) is 0 Å². The average Bonchev–Trinajstić information content (AvgIpc) is 3.04. The molecule has 0 radical (unpaired) electrons. The minimum Gasteiger partial charge on any atom is -0.316 e. The zero-order valence-corrected chi connectivity index (χ0v) is 12.2.